The molecule has 1 rings (SSSR count). The first kappa shape index (κ1) is 14.2. The minimum Gasteiger partial charge on any atom is -0.442 e. The van der Waals surface area contributed by atoms with Gasteiger partial charge < -0.3 is 4.74 Å². The van der Waals surface area contributed by atoms with Crippen LogP contribution in [0.25, 0.3) is 0 Å². The Labute approximate surface area is 102 Å². The van der Waals surface area contributed by atoms with Crippen LogP contribution < -0.4 is 5.48 Å². The third-order valence-corrected chi connectivity index (χ3v) is 3.53. The molecule has 0 bridgehead atoms. The number of carbonyl (C=O) groups excluding carboxylic acids is 1. The zero-order chi connectivity index (χ0) is 13.1. The first-order valence-corrected chi connectivity index (χ1v) is 7.16. The zero-order valence-corrected chi connectivity index (χ0v) is 11.2. The SMILES string of the molecule is CC(C)(C)OC(=O)NOS(=O)(=O)CC1CCC1. The lowest BCUT2D eigenvalue weighted by molar-refractivity contribution is 0.0296. The molecule has 0 radical (unpaired) electrons. The Balaban J connectivity index is 2.31. The van der Waals surface area contributed by atoms with E-state index < -0.39 is 21.8 Å². The molecule has 1 amide bonds. The van der Waals surface area contributed by atoms with E-state index in [0.29, 0.717) is 0 Å². The van der Waals surface area contributed by atoms with Crippen molar-refractivity contribution in [1.29, 1.82) is 0 Å². The fourth-order valence-corrected chi connectivity index (χ4v) is 2.55. The molecule has 17 heavy (non-hydrogen) atoms. The molecule has 0 aromatic heterocycles. The molecule has 1 saturated carbocycles. The molecule has 1 fully saturated rings. The summed E-state index contributed by atoms with van der Waals surface area (Å²) in [6, 6.07) is 0. The monoisotopic (exact) mass is 265 g/mol. The first-order valence-electron chi connectivity index (χ1n) is 5.58. The molecule has 0 aromatic carbocycles. The van der Waals surface area contributed by atoms with Gasteiger partial charge in [0.05, 0.1) is 5.75 Å². The number of hydrogen-bond acceptors (Lipinski definition) is 5. The molecule has 0 heterocycles. The second-order valence-corrected chi connectivity index (χ2v) is 6.82. The third-order valence-electron chi connectivity index (χ3n) is 2.32. The summed E-state index contributed by atoms with van der Waals surface area (Å²) in [7, 11) is -3.70. The quantitative estimate of drug-likeness (QED) is 0.780. The maximum Gasteiger partial charge on any atom is 0.432 e. The molecule has 0 spiro atoms. The summed E-state index contributed by atoms with van der Waals surface area (Å²) in [6.45, 7) is 5.03. The first-order chi connectivity index (χ1) is 7.68. The van der Waals surface area contributed by atoms with Crippen LogP contribution in [0.1, 0.15) is 40.0 Å². The van der Waals surface area contributed by atoms with Gasteiger partial charge in [-0.3, -0.25) is 0 Å². The highest BCUT2D eigenvalue weighted by Gasteiger charge is 2.26. The van der Waals surface area contributed by atoms with Crippen molar-refractivity contribution >= 4 is 16.2 Å². The summed E-state index contributed by atoms with van der Waals surface area (Å²) in [6.07, 6.45) is 1.94. The van der Waals surface area contributed by atoms with Gasteiger partial charge in [0.1, 0.15) is 5.60 Å². The van der Waals surface area contributed by atoms with Gasteiger partial charge in [-0.2, -0.15) is 13.9 Å². The lowest BCUT2D eigenvalue weighted by Crippen LogP contribution is -2.35. The van der Waals surface area contributed by atoms with Crippen molar-refractivity contribution in [2.45, 2.75) is 45.6 Å². The number of nitrogens with one attached hydrogen (secondary N) is 1. The fraction of sp³-hybridized carbons (Fsp3) is 0.900. The minimum absolute atomic E-state index is 0.0528. The topological polar surface area (TPSA) is 81.7 Å². The summed E-state index contributed by atoms with van der Waals surface area (Å²) in [5.41, 5.74) is 1.09. The average molecular weight is 265 g/mol. The highest BCUT2D eigenvalue weighted by atomic mass is 32.2. The lowest BCUT2D eigenvalue weighted by Gasteiger charge is -2.24. The number of amides is 1. The van der Waals surface area contributed by atoms with Crippen molar-refractivity contribution in [2.75, 3.05) is 5.75 Å². The van der Waals surface area contributed by atoms with Gasteiger partial charge in [0, 0.05) is 0 Å². The summed E-state index contributed by atoms with van der Waals surface area (Å²) >= 11 is 0. The normalized spacial score (nSPS) is 17.4. The van der Waals surface area contributed by atoms with E-state index >= 15 is 0 Å². The smallest absolute Gasteiger partial charge is 0.432 e. The van der Waals surface area contributed by atoms with E-state index in [1.54, 1.807) is 26.3 Å². The highest BCUT2D eigenvalue weighted by molar-refractivity contribution is 7.86. The Morgan fingerprint density at radius 3 is 2.35 bits per heavy atom. The molecule has 100 valence electrons. The van der Waals surface area contributed by atoms with Gasteiger partial charge in [-0.1, -0.05) is 6.42 Å². The largest absolute Gasteiger partial charge is 0.442 e. The molecule has 1 aliphatic rings. The Hall–Kier alpha value is -0.820. The summed E-state index contributed by atoms with van der Waals surface area (Å²) in [5.74, 6) is 0.100. The predicted molar refractivity (Wildman–Crippen MR) is 61.6 cm³/mol. The van der Waals surface area contributed by atoms with Gasteiger partial charge in [-0.05, 0) is 39.5 Å². The lowest BCUT2D eigenvalue weighted by atomic mass is 9.87. The van der Waals surface area contributed by atoms with E-state index in [9.17, 15) is 13.2 Å². The van der Waals surface area contributed by atoms with E-state index in [4.69, 9.17) is 4.74 Å². The van der Waals surface area contributed by atoms with Crippen LogP contribution in [0, 0.1) is 5.92 Å². The van der Waals surface area contributed by atoms with Gasteiger partial charge in [0.25, 0.3) is 10.1 Å². The van der Waals surface area contributed by atoms with Crippen LogP contribution in [0.3, 0.4) is 0 Å². The minimum atomic E-state index is -3.70. The molecular weight excluding hydrogens is 246 g/mol. The molecule has 1 N–H and O–H groups in total. The van der Waals surface area contributed by atoms with Crippen LogP contribution in [-0.4, -0.2) is 25.9 Å². The Morgan fingerprint density at radius 1 is 1.35 bits per heavy atom. The van der Waals surface area contributed by atoms with Gasteiger partial charge >= 0.3 is 6.09 Å². The Bertz CT molecular complexity index is 367. The molecule has 6 nitrogen and oxygen atoms in total. The van der Waals surface area contributed by atoms with Crippen molar-refractivity contribution in [3.63, 3.8) is 0 Å². The van der Waals surface area contributed by atoms with Crippen LogP contribution in [0.4, 0.5) is 4.79 Å². The van der Waals surface area contributed by atoms with Crippen molar-refractivity contribution in [3.05, 3.63) is 0 Å². The zero-order valence-electron chi connectivity index (χ0n) is 10.4. The number of carbonyl (C=O) groups is 1. The molecule has 0 unspecified atom stereocenters. The maximum absolute atomic E-state index is 11.4. The van der Waals surface area contributed by atoms with E-state index in [-0.39, 0.29) is 11.7 Å². The fourth-order valence-electron chi connectivity index (χ4n) is 1.38. The van der Waals surface area contributed by atoms with Crippen LogP contribution in [0.2, 0.25) is 0 Å². The second kappa shape index (κ2) is 5.22. The van der Waals surface area contributed by atoms with E-state index in [1.807, 2.05) is 0 Å². The average Bonchev–Trinajstić information content (AvgIpc) is 2.06. The maximum atomic E-state index is 11.4. The predicted octanol–water partition coefficient (Wildman–Crippen LogP) is 1.57. The summed E-state index contributed by atoms with van der Waals surface area (Å²) in [5, 5.41) is 0. The molecule has 0 aromatic rings. The summed E-state index contributed by atoms with van der Waals surface area (Å²) < 4.78 is 32.1. The number of rotatable bonds is 4. The van der Waals surface area contributed by atoms with Crippen LogP contribution in [0.15, 0.2) is 0 Å². The van der Waals surface area contributed by atoms with E-state index in [1.165, 1.54) is 0 Å². The molecule has 0 atom stereocenters. The van der Waals surface area contributed by atoms with Gasteiger partial charge in [-0.25, -0.2) is 4.79 Å². The molecule has 0 aliphatic heterocycles. The molecular formula is C10H19NO5S. The van der Waals surface area contributed by atoms with Crippen molar-refractivity contribution in [2.24, 2.45) is 5.92 Å². The Morgan fingerprint density at radius 2 is 1.94 bits per heavy atom. The number of ether oxygens (including phenoxy) is 1. The van der Waals surface area contributed by atoms with Crippen molar-refractivity contribution in [3.8, 4) is 0 Å². The van der Waals surface area contributed by atoms with Crippen LogP contribution in [0.5, 0.6) is 0 Å². The van der Waals surface area contributed by atoms with Gasteiger partial charge in [-0.15, -0.1) is 4.28 Å². The third kappa shape index (κ3) is 5.88. The van der Waals surface area contributed by atoms with Crippen molar-refractivity contribution < 1.29 is 22.2 Å². The van der Waals surface area contributed by atoms with Gasteiger partial charge in [0.15, 0.2) is 0 Å². The number of hydroxylamine groups is 1. The second-order valence-electron chi connectivity index (χ2n) is 5.21. The Kier molecular flexibility index (Phi) is 4.37. The van der Waals surface area contributed by atoms with E-state index in [2.05, 4.69) is 4.28 Å². The number of hydrogen-bond donors (Lipinski definition) is 1. The molecule has 1 aliphatic carbocycles. The van der Waals surface area contributed by atoms with Crippen molar-refractivity contribution in [1.82, 2.24) is 5.48 Å². The van der Waals surface area contributed by atoms with Crippen LogP contribution >= 0.6 is 0 Å². The van der Waals surface area contributed by atoms with Gasteiger partial charge in [0.2, 0.25) is 0 Å². The molecule has 0 saturated heterocycles. The molecule has 7 heteroatoms. The highest BCUT2D eigenvalue weighted by Crippen LogP contribution is 2.27. The van der Waals surface area contributed by atoms with E-state index in [0.717, 1.165) is 19.3 Å². The summed E-state index contributed by atoms with van der Waals surface area (Å²) in [4.78, 5) is 11.2. The standard InChI is InChI=1S/C10H19NO5S/c1-10(2,3)15-9(12)11-16-17(13,14)7-8-5-4-6-8/h8H,4-7H2,1-3H3,(H,11,12). The van der Waals surface area contributed by atoms with Crippen LogP contribution in [-0.2, 0) is 19.1 Å².